The molecule has 1 amide bonds. The molecule has 2 aromatic rings. The number of hydrogen-bond donors (Lipinski definition) is 0. The summed E-state index contributed by atoms with van der Waals surface area (Å²) in [5, 5.41) is 0. The lowest BCUT2D eigenvalue weighted by Gasteiger charge is -2.35. The number of sulfonamides is 2. The summed E-state index contributed by atoms with van der Waals surface area (Å²) in [5.41, 5.74) is 1.79. The fraction of sp³-hybridized carbons (Fsp3) is 0.435. The smallest absolute Gasteiger partial charge is 0.247 e. The topological polar surface area (TPSA) is 95.1 Å². The van der Waals surface area contributed by atoms with E-state index in [2.05, 4.69) is 11.0 Å². The van der Waals surface area contributed by atoms with Gasteiger partial charge in [-0.1, -0.05) is 12.1 Å². The van der Waals surface area contributed by atoms with Crippen LogP contribution in [0.15, 0.2) is 47.4 Å². The van der Waals surface area contributed by atoms with E-state index in [9.17, 15) is 21.6 Å². The summed E-state index contributed by atoms with van der Waals surface area (Å²) in [7, 11) is -7.56. The van der Waals surface area contributed by atoms with Crippen LogP contribution in [0.2, 0.25) is 0 Å². The first-order valence-corrected chi connectivity index (χ1v) is 13.9. The maximum Gasteiger partial charge on any atom is 0.247 e. The van der Waals surface area contributed by atoms with Gasteiger partial charge in [-0.15, -0.1) is 0 Å². The zero-order valence-electron chi connectivity index (χ0n) is 19.3. The van der Waals surface area contributed by atoms with Crippen LogP contribution >= 0.6 is 0 Å². The van der Waals surface area contributed by atoms with Crippen LogP contribution in [-0.4, -0.2) is 59.0 Å². The number of anilines is 2. The molecule has 0 radical (unpaired) electrons. The van der Waals surface area contributed by atoms with Gasteiger partial charge in [0.05, 0.1) is 21.8 Å². The second-order valence-corrected chi connectivity index (χ2v) is 13.1. The molecule has 178 valence electrons. The lowest BCUT2D eigenvalue weighted by molar-refractivity contribution is -0.123. The largest absolute Gasteiger partial charge is 0.369 e. The van der Waals surface area contributed by atoms with Crippen molar-refractivity contribution in [3.8, 4) is 0 Å². The summed E-state index contributed by atoms with van der Waals surface area (Å²) < 4.78 is 54.1. The Morgan fingerprint density at radius 3 is 2.12 bits per heavy atom. The third-order valence-electron chi connectivity index (χ3n) is 6.20. The molecule has 0 spiro atoms. The van der Waals surface area contributed by atoms with Gasteiger partial charge in [-0.3, -0.25) is 4.79 Å². The standard InChI is InChI=1S/C23H29N3O5S2/c1-17-6-5-7-19(14-17)24-10-12-25(13-11-24)33(30,31)21-9-8-20(15-18(21)2)26-22(27)23(3,4)16-32(26,28)29/h5-9,14-15H,10-13,16H2,1-4H3. The van der Waals surface area contributed by atoms with Gasteiger partial charge in [0.15, 0.2) is 0 Å². The van der Waals surface area contributed by atoms with Crippen LogP contribution < -0.4 is 9.21 Å². The van der Waals surface area contributed by atoms with Crippen LogP contribution in [0.3, 0.4) is 0 Å². The fourth-order valence-electron chi connectivity index (χ4n) is 4.46. The van der Waals surface area contributed by atoms with Crippen LogP contribution in [0.5, 0.6) is 0 Å². The molecule has 0 unspecified atom stereocenters. The van der Waals surface area contributed by atoms with Crippen molar-refractivity contribution in [3.05, 3.63) is 53.6 Å². The molecule has 10 heteroatoms. The van der Waals surface area contributed by atoms with E-state index in [0.29, 0.717) is 31.7 Å². The summed E-state index contributed by atoms with van der Waals surface area (Å²) in [6.45, 7) is 8.69. The maximum atomic E-state index is 13.3. The van der Waals surface area contributed by atoms with Crippen LogP contribution in [0.1, 0.15) is 25.0 Å². The van der Waals surface area contributed by atoms with Gasteiger partial charge < -0.3 is 4.90 Å². The van der Waals surface area contributed by atoms with Crippen LogP contribution in [-0.2, 0) is 24.8 Å². The first kappa shape index (κ1) is 23.7. The van der Waals surface area contributed by atoms with Gasteiger partial charge in [-0.05, 0) is 69.2 Å². The second-order valence-electron chi connectivity index (χ2n) is 9.39. The highest BCUT2D eigenvalue weighted by Gasteiger charge is 2.50. The van der Waals surface area contributed by atoms with Crippen molar-refractivity contribution in [2.24, 2.45) is 5.41 Å². The van der Waals surface area contributed by atoms with Gasteiger partial charge in [0.2, 0.25) is 26.0 Å². The summed E-state index contributed by atoms with van der Waals surface area (Å²) in [4.78, 5) is 15.0. The molecule has 8 nitrogen and oxygen atoms in total. The minimum atomic E-state index is -3.80. The molecule has 0 aromatic heterocycles. The molecular weight excluding hydrogens is 462 g/mol. The molecule has 2 aromatic carbocycles. The molecule has 2 aliphatic heterocycles. The predicted molar refractivity (Wildman–Crippen MR) is 128 cm³/mol. The predicted octanol–water partition coefficient (Wildman–Crippen LogP) is 2.52. The van der Waals surface area contributed by atoms with Crippen molar-refractivity contribution in [2.45, 2.75) is 32.6 Å². The van der Waals surface area contributed by atoms with E-state index < -0.39 is 31.4 Å². The molecule has 2 aliphatic rings. The van der Waals surface area contributed by atoms with Gasteiger partial charge in [-0.2, -0.15) is 4.31 Å². The first-order chi connectivity index (χ1) is 15.3. The lowest BCUT2D eigenvalue weighted by Crippen LogP contribution is -2.48. The monoisotopic (exact) mass is 491 g/mol. The van der Waals surface area contributed by atoms with Crippen LogP contribution in [0.25, 0.3) is 0 Å². The summed E-state index contributed by atoms with van der Waals surface area (Å²) >= 11 is 0. The molecule has 33 heavy (non-hydrogen) atoms. The quantitative estimate of drug-likeness (QED) is 0.652. The zero-order valence-corrected chi connectivity index (χ0v) is 20.9. The van der Waals surface area contributed by atoms with Gasteiger partial charge in [0.25, 0.3) is 0 Å². The van der Waals surface area contributed by atoms with Gasteiger partial charge >= 0.3 is 0 Å². The lowest BCUT2D eigenvalue weighted by atomic mass is 9.95. The molecule has 2 heterocycles. The van der Waals surface area contributed by atoms with Gasteiger partial charge in [-0.25, -0.2) is 21.1 Å². The molecule has 2 fully saturated rings. The number of nitrogens with zero attached hydrogens (tertiary/aromatic N) is 3. The molecule has 0 N–H and O–H groups in total. The molecule has 0 saturated carbocycles. The normalized spacial score (nSPS) is 20.9. The van der Waals surface area contributed by atoms with E-state index in [0.717, 1.165) is 15.6 Å². The Balaban J connectivity index is 1.55. The molecule has 0 aliphatic carbocycles. The van der Waals surface area contributed by atoms with Crippen molar-refractivity contribution in [1.82, 2.24) is 4.31 Å². The maximum absolute atomic E-state index is 13.3. The number of carbonyl (C=O) groups excluding carboxylic acids is 1. The zero-order chi connectivity index (χ0) is 24.2. The average Bonchev–Trinajstić information content (AvgIpc) is 2.90. The number of piperazine rings is 1. The molecule has 2 saturated heterocycles. The van der Waals surface area contributed by atoms with Crippen molar-refractivity contribution in [3.63, 3.8) is 0 Å². The number of rotatable bonds is 4. The average molecular weight is 492 g/mol. The van der Waals surface area contributed by atoms with Crippen LogP contribution in [0.4, 0.5) is 11.4 Å². The Bertz CT molecular complexity index is 1310. The molecule has 0 atom stereocenters. The van der Waals surface area contributed by atoms with E-state index in [1.54, 1.807) is 20.8 Å². The highest BCUT2D eigenvalue weighted by molar-refractivity contribution is 7.94. The van der Waals surface area contributed by atoms with Gasteiger partial charge in [0, 0.05) is 31.9 Å². The van der Waals surface area contributed by atoms with E-state index in [1.807, 2.05) is 25.1 Å². The molecule has 0 bridgehead atoms. The summed E-state index contributed by atoms with van der Waals surface area (Å²) in [5.74, 6) is -0.784. The third-order valence-corrected chi connectivity index (χ3v) is 10.3. The Labute approximate surface area is 195 Å². The summed E-state index contributed by atoms with van der Waals surface area (Å²) in [6, 6.07) is 12.4. The van der Waals surface area contributed by atoms with E-state index in [4.69, 9.17) is 0 Å². The fourth-order valence-corrected chi connectivity index (χ4v) is 8.19. The Kier molecular flexibility index (Phi) is 5.83. The van der Waals surface area contributed by atoms with E-state index >= 15 is 0 Å². The SMILES string of the molecule is Cc1cccc(N2CCN(S(=O)(=O)c3ccc(N4C(=O)C(C)(C)CS4(=O)=O)cc3C)CC2)c1. The Morgan fingerprint density at radius 1 is 0.909 bits per heavy atom. The number of benzene rings is 2. The van der Waals surface area contributed by atoms with Crippen molar-refractivity contribution < 1.29 is 21.6 Å². The Morgan fingerprint density at radius 2 is 1.58 bits per heavy atom. The highest BCUT2D eigenvalue weighted by atomic mass is 32.2. The van der Waals surface area contributed by atoms with E-state index in [-0.39, 0.29) is 16.3 Å². The third kappa shape index (κ3) is 4.27. The minimum Gasteiger partial charge on any atom is -0.369 e. The highest BCUT2D eigenvalue weighted by Crippen LogP contribution is 2.37. The van der Waals surface area contributed by atoms with Crippen molar-refractivity contribution >= 4 is 37.3 Å². The number of hydrogen-bond acceptors (Lipinski definition) is 6. The van der Waals surface area contributed by atoms with Crippen molar-refractivity contribution in [1.29, 1.82) is 0 Å². The van der Waals surface area contributed by atoms with Crippen LogP contribution in [0, 0.1) is 19.3 Å². The van der Waals surface area contributed by atoms with Crippen molar-refractivity contribution in [2.75, 3.05) is 41.1 Å². The Hall–Kier alpha value is -2.43. The number of carbonyl (C=O) groups is 1. The molecular formula is C23H29N3O5S2. The minimum absolute atomic E-state index is 0.124. The van der Waals surface area contributed by atoms with E-state index in [1.165, 1.54) is 22.5 Å². The summed E-state index contributed by atoms with van der Waals surface area (Å²) in [6.07, 6.45) is 0. The second kappa shape index (κ2) is 8.11. The first-order valence-electron chi connectivity index (χ1n) is 10.8. The number of amides is 1. The number of aryl methyl sites for hydroxylation is 2. The van der Waals surface area contributed by atoms with Gasteiger partial charge in [0.1, 0.15) is 0 Å². The molecule has 4 rings (SSSR count).